The summed E-state index contributed by atoms with van der Waals surface area (Å²) in [6, 6.07) is 17.3. The van der Waals surface area contributed by atoms with Gasteiger partial charge in [0.05, 0.1) is 17.9 Å². The Morgan fingerprint density at radius 2 is 1.73 bits per heavy atom. The lowest BCUT2D eigenvalue weighted by Crippen LogP contribution is -2.53. The Labute approximate surface area is 154 Å². The van der Waals surface area contributed by atoms with Crippen LogP contribution in [-0.2, 0) is 16.1 Å². The third-order valence-corrected chi connectivity index (χ3v) is 4.87. The van der Waals surface area contributed by atoms with Crippen molar-refractivity contribution in [1.29, 1.82) is 0 Å². The Balaban J connectivity index is 1.67. The summed E-state index contributed by atoms with van der Waals surface area (Å²) in [5.74, 6) is -0.300. The quantitative estimate of drug-likeness (QED) is 0.808. The first kappa shape index (κ1) is 18.4. The number of carbonyl (C=O) groups is 1. The van der Waals surface area contributed by atoms with Crippen molar-refractivity contribution in [2.75, 3.05) is 31.7 Å². The molecule has 0 atom stereocenters. The van der Waals surface area contributed by atoms with Crippen LogP contribution in [0.15, 0.2) is 54.6 Å². The van der Waals surface area contributed by atoms with Crippen molar-refractivity contribution in [2.45, 2.75) is 25.0 Å². The van der Waals surface area contributed by atoms with Gasteiger partial charge in [0, 0.05) is 25.7 Å². The van der Waals surface area contributed by atoms with Gasteiger partial charge >= 0.3 is 5.97 Å². The second kappa shape index (κ2) is 8.34. The van der Waals surface area contributed by atoms with Crippen molar-refractivity contribution >= 4 is 11.7 Å². The summed E-state index contributed by atoms with van der Waals surface area (Å²) in [6.07, 6.45) is 1.66. The fraction of sp³-hybridized carbons (Fsp3) is 0.381. The van der Waals surface area contributed by atoms with E-state index in [1.54, 1.807) is 7.11 Å². The molecule has 2 aromatic rings. The van der Waals surface area contributed by atoms with Gasteiger partial charge in [0.15, 0.2) is 0 Å². The summed E-state index contributed by atoms with van der Waals surface area (Å²) in [4.78, 5) is 14.8. The summed E-state index contributed by atoms with van der Waals surface area (Å²) < 4.78 is 10.8. The molecule has 1 fully saturated rings. The smallest absolute Gasteiger partial charge is 0.340 e. The van der Waals surface area contributed by atoms with Crippen LogP contribution >= 0.6 is 0 Å². The van der Waals surface area contributed by atoms with E-state index >= 15 is 0 Å². The number of esters is 1. The van der Waals surface area contributed by atoms with E-state index in [4.69, 9.17) is 15.2 Å². The summed E-state index contributed by atoms with van der Waals surface area (Å²) in [5.41, 5.74) is 8.57. The minimum Gasteiger partial charge on any atom is -0.457 e. The summed E-state index contributed by atoms with van der Waals surface area (Å²) in [6.45, 7) is 2.42. The van der Waals surface area contributed by atoms with Gasteiger partial charge in [-0.05, 0) is 30.5 Å². The molecule has 0 radical (unpaired) electrons. The van der Waals surface area contributed by atoms with E-state index in [0.29, 0.717) is 12.2 Å². The number of ether oxygens (including phenoxy) is 2. The van der Waals surface area contributed by atoms with E-state index in [1.807, 2.05) is 54.6 Å². The third-order valence-electron chi connectivity index (χ3n) is 4.87. The zero-order valence-electron chi connectivity index (χ0n) is 15.2. The van der Waals surface area contributed by atoms with Gasteiger partial charge in [0.1, 0.15) is 6.61 Å². The lowest BCUT2D eigenvalue weighted by molar-refractivity contribution is 0.0473. The third kappa shape index (κ3) is 4.42. The van der Waals surface area contributed by atoms with E-state index in [0.717, 1.165) is 37.2 Å². The first-order valence-corrected chi connectivity index (χ1v) is 8.94. The highest BCUT2D eigenvalue weighted by atomic mass is 16.5. The number of hydrogen-bond donors (Lipinski definition) is 1. The van der Waals surface area contributed by atoms with Crippen LogP contribution in [0.5, 0.6) is 0 Å². The van der Waals surface area contributed by atoms with Crippen LogP contribution in [-0.4, -0.2) is 38.3 Å². The first-order chi connectivity index (χ1) is 12.6. The van der Waals surface area contributed by atoms with Gasteiger partial charge in [0.2, 0.25) is 0 Å². The summed E-state index contributed by atoms with van der Waals surface area (Å²) >= 11 is 0. The molecule has 2 N–H and O–H groups in total. The fourth-order valence-corrected chi connectivity index (χ4v) is 3.35. The largest absolute Gasteiger partial charge is 0.457 e. The van der Waals surface area contributed by atoms with Gasteiger partial charge < -0.3 is 20.1 Å². The van der Waals surface area contributed by atoms with Crippen LogP contribution in [0, 0.1) is 0 Å². The topological polar surface area (TPSA) is 64.8 Å². The highest BCUT2D eigenvalue weighted by Crippen LogP contribution is 2.28. The van der Waals surface area contributed by atoms with Gasteiger partial charge in [-0.2, -0.15) is 0 Å². The molecule has 1 aliphatic rings. The molecule has 5 nitrogen and oxygen atoms in total. The maximum absolute atomic E-state index is 12.6. The molecule has 26 heavy (non-hydrogen) atoms. The second-order valence-electron chi connectivity index (χ2n) is 6.86. The number of rotatable bonds is 6. The number of nitrogens with zero attached hydrogens (tertiary/aromatic N) is 1. The molecule has 0 unspecified atom stereocenters. The van der Waals surface area contributed by atoms with Crippen molar-refractivity contribution in [1.82, 2.24) is 0 Å². The first-order valence-electron chi connectivity index (χ1n) is 8.94. The Bertz CT molecular complexity index is 725. The van der Waals surface area contributed by atoms with E-state index in [-0.39, 0.29) is 18.1 Å². The van der Waals surface area contributed by atoms with Crippen LogP contribution in [0.2, 0.25) is 0 Å². The summed E-state index contributed by atoms with van der Waals surface area (Å²) in [7, 11) is 1.68. The van der Waals surface area contributed by atoms with Crippen LogP contribution < -0.4 is 10.6 Å². The maximum atomic E-state index is 12.6. The number of methoxy groups -OCH3 is 1. The molecule has 0 bridgehead atoms. The number of carbonyl (C=O) groups excluding carboxylic acids is 1. The van der Waals surface area contributed by atoms with Crippen LogP contribution in [0.1, 0.15) is 28.8 Å². The molecule has 0 amide bonds. The molecule has 5 heteroatoms. The molecule has 0 spiro atoms. The molecular formula is C21H26N2O3. The Kier molecular flexibility index (Phi) is 5.91. The van der Waals surface area contributed by atoms with Gasteiger partial charge in [-0.15, -0.1) is 0 Å². The highest BCUT2D eigenvalue weighted by Gasteiger charge is 2.31. The number of nitrogens with two attached hydrogens (primary N) is 1. The number of para-hydroxylation sites is 1. The Morgan fingerprint density at radius 1 is 1.08 bits per heavy atom. The number of piperidine rings is 1. The average Bonchev–Trinajstić information content (AvgIpc) is 2.68. The molecule has 0 saturated carbocycles. The fourth-order valence-electron chi connectivity index (χ4n) is 3.35. The molecule has 1 aliphatic heterocycles. The number of anilines is 1. The van der Waals surface area contributed by atoms with Crippen molar-refractivity contribution < 1.29 is 14.3 Å². The van der Waals surface area contributed by atoms with E-state index in [1.165, 1.54) is 0 Å². The normalized spacial score (nSPS) is 16.3. The predicted molar refractivity (Wildman–Crippen MR) is 102 cm³/mol. The SMILES string of the molecule is COCC1(N)CCN(c2ccccc2C(=O)OCc2ccccc2)CC1. The zero-order chi connectivity index (χ0) is 18.4. The van der Waals surface area contributed by atoms with E-state index in [9.17, 15) is 4.79 Å². The predicted octanol–water partition coefficient (Wildman–Crippen LogP) is 2.99. The van der Waals surface area contributed by atoms with Crippen LogP contribution in [0.3, 0.4) is 0 Å². The molecule has 138 valence electrons. The van der Waals surface area contributed by atoms with Gasteiger partial charge in [0.25, 0.3) is 0 Å². The lowest BCUT2D eigenvalue weighted by Gasteiger charge is -2.40. The Hall–Kier alpha value is -2.37. The zero-order valence-corrected chi connectivity index (χ0v) is 15.2. The minimum atomic E-state index is -0.300. The molecule has 1 saturated heterocycles. The molecule has 1 heterocycles. The van der Waals surface area contributed by atoms with Gasteiger partial charge in [-0.3, -0.25) is 0 Å². The molecule has 3 rings (SSSR count). The van der Waals surface area contributed by atoms with Crippen molar-refractivity contribution in [3.8, 4) is 0 Å². The highest BCUT2D eigenvalue weighted by molar-refractivity contribution is 5.95. The van der Waals surface area contributed by atoms with E-state index < -0.39 is 0 Å². The average molecular weight is 354 g/mol. The van der Waals surface area contributed by atoms with Crippen molar-refractivity contribution in [3.63, 3.8) is 0 Å². The van der Waals surface area contributed by atoms with Gasteiger partial charge in [-0.1, -0.05) is 42.5 Å². The van der Waals surface area contributed by atoms with Gasteiger partial charge in [-0.25, -0.2) is 4.79 Å². The maximum Gasteiger partial charge on any atom is 0.340 e. The van der Waals surface area contributed by atoms with Crippen LogP contribution in [0.25, 0.3) is 0 Å². The lowest BCUT2D eigenvalue weighted by atomic mass is 9.89. The van der Waals surface area contributed by atoms with Crippen molar-refractivity contribution in [3.05, 3.63) is 65.7 Å². The molecule has 0 aliphatic carbocycles. The standard InChI is InChI=1S/C21H26N2O3/c1-25-16-21(22)11-13-23(14-12-21)19-10-6-5-9-18(19)20(24)26-15-17-7-3-2-4-8-17/h2-10H,11-16,22H2,1H3. The monoisotopic (exact) mass is 354 g/mol. The van der Waals surface area contributed by atoms with E-state index in [2.05, 4.69) is 4.90 Å². The molecular weight excluding hydrogens is 328 g/mol. The minimum absolute atomic E-state index is 0.272. The number of benzene rings is 2. The van der Waals surface area contributed by atoms with Crippen LogP contribution in [0.4, 0.5) is 5.69 Å². The Morgan fingerprint density at radius 3 is 2.42 bits per heavy atom. The van der Waals surface area contributed by atoms with Crippen molar-refractivity contribution in [2.24, 2.45) is 5.73 Å². The molecule has 0 aromatic heterocycles. The number of hydrogen-bond acceptors (Lipinski definition) is 5. The second-order valence-corrected chi connectivity index (χ2v) is 6.86. The molecule has 2 aromatic carbocycles. The summed E-state index contributed by atoms with van der Waals surface area (Å²) in [5, 5.41) is 0.